The average molecular weight is 477 g/mol. The van der Waals surface area contributed by atoms with E-state index in [1.807, 2.05) is 13.1 Å². The summed E-state index contributed by atoms with van der Waals surface area (Å²) in [6, 6.07) is 9.64. The Labute approximate surface area is 191 Å². The number of benzene rings is 1. The molecule has 8 nitrogen and oxygen atoms in total. The maximum atomic E-state index is 13.0. The van der Waals surface area contributed by atoms with Crippen LogP contribution in [0.5, 0.6) is 0 Å². The summed E-state index contributed by atoms with van der Waals surface area (Å²) in [6.45, 7) is 2.31. The number of nitrogens with one attached hydrogen (secondary N) is 2. The number of H-pyrrole nitrogens is 1. The Morgan fingerprint density at radius 1 is 1.06 bits per heavy atom. The van der Waals surface area contributed by atoms with Gasteiger partial charge >= 0.3 is 0 Å². The Balaban J connectivity index is 1.67. The lowest BCUT2D eigenvalue weighted by atomic mass is 9.99. The molecule has 3 heterocycles. The van der Waals surface area contributed by atoms with Crippen LogP contribution in [0.1, 0.15) is 24.1 Å². The second kappa shape index (κ2) is 9.19. The molecule has 170 valence electrons. The van der Waals surface area contributed by atoms with Gasteiger partial charge in [-0.2, -0.15) is 4.31 Å². The van der Waals surface area contributed by atoms with Crippen molar-refractivity contribution in [2.24, 2.45) is 0 Å². The monoisotopic (exact) mass is 476 g/mol. The predicted molar refractivity (Wildman–Crippen MR) is 123 cm³/mol. The van der Waals surface area contributed by atoms with Gasteiger partial charge in [-0.25, -0.2) is 8.42 Å². The quantitative estimate of drug-likeness (QED) is 0.683. The number of likely N-dealkylation sites (N-methyl/N-ethyl adjacent to an activating group) is 1. The summed E-state index contributed by atoms with van der Waals surface area (Å²) in [7, 11) is -1.61. The van der Waals surface area contributed by atoms with Gasteiger partial charge in [0.1, 0.15) is 5.02 Å². The number of nitrogens with zero attached hydrogens (tertiary/aromatic N) is 2. The van der Waals surface area contributed by atoms with Crippen LogP contribution >= 0.6 is 11.6 Å². The van der Waals surface area contributed by atoms with Crippen molar-refractivity contribution in [3.8, 4) is 0 Å². The van der Waals surface area contributed by atoms with Crippen molar-refractivity contribution in [2.45, 2.75) is 23.8 Å². The van der Waals surface area contributed by atoms with Crippen LogP contribution in [0.25, 0.3) is 5.57 Å². The van der Waals surface area contributed by atoms with E-state index in [1.54, 1.807) is 30.3 Å². The molecule has 0 radical (unpaired) electrons. The highest BCUT2D eigenvalue weighted by molar-refractivity contribution is 7.89. The minimum absolute atomic E-state index is 0.0242. The van der Waals surface area contributed by atoms with Crippen molar-refractivity contribution in [3.63, 3.8) is 0 Å². The first-order valence-electron chi connectivity index (χ1n) is 10.4. The Morgan fingerprint density at radius 3 is 2.34 bits per heavy atom. The zero-order chi connectivity index (χ0) is 22.9. The highest BCUT2D eigenvalue weighted by atomic mass is 35.5. The minimum Gasteiger partial charge on any atom is -0.350 e. The second-order valence-corrected chi connectivity index (χ2v) is 10.4. The number of hydrogen-bond donors (Lipinski definition) is 2. The largest absolute Gasteiger partial charge is 0.350 e. The Morgan fingerprint density at radius 2 is 1.75 bits per heavy atom. The Hall–Kier alpha value is -2.46. The number of piperazine rings is 1. The number of halogens is 1. The third kappa shape index (κ3) is 4.80. The summed E-state index contributed by atoms with van der Waals surface area (Å²) in [5, 5.41) is 2.97. The fourth-order valence-corrected chi connectivity index (χ4v) is 5.43. The van der Waals surface area contributed by atoms with Crippen molar-refractivity contribution in [2.75, 3.05) is 33.2 Å². The van der Waals surface area contributed by atoms with Gasteiger partial charge in [-0.1, -0.05) is 29.8 Å². The van der Waals surface area contributed by atoms with Crippen LogP contribution in [0.15, 0.2) is 52.2 Å². The van der Waals surface area contributed by atoms with Crippen molar-refractivity contribution >= 4 is 33.1 Å². The van der Waals surface area contributed by atoms with E-state index < -0.39 is 15.6 Å². The van der Waals surface area contributed by atoms with Gasteiger partial charge in [0.15, 0.2) is 0 Å². The standard InChI is InChI=1S/C22H25ClN4O4S/c1-26-10-12-27(13-11-26)32(30,31)17-5-2-15(3-6-17)18(14-16-4-9-21(28)24-16)20-8-7-19(23)22(29)25-20/h2-3,5-8,14,16H,4,9-13H2,1H3,(H,24,28)(H,25,29)/t16-/m1/s1. The lowest BCUT2D eigenvalue weighted by Crippen LogP contribution is -2.46. The van der Waals surface area contributed by atoms with Gasteiger partial charge in [-0.15, -0.1) is 0 Å². The van der Waals surface area contributed by atoms with E-state index in [9.17, 15) is 18.0 Å². The van der Waals surface area contributed by atoms with Crippen LogP contribution in [-0.4, -0.2) is 67.8 Å². The number of pyridine rings is 1. The molecule has 0 bridgehead atoms. The zero-order valence-corrected chi connectivity index (χ0v) is 19.2. The van der Waals surface area contributed by atoms with Gasteiger partial charge in [-0.05, 0) is 43.3 Å². The smallest absolute Gasteiger partial charge is 0.267 e. The molecule has 0 aliphatic carbocycles. The molecule has 4 rings (SSSR count). The molecule has 2 saturated heterocycles. The molecular formula is C22H25ClN4O4S. The van der Waals surface area contributed by atoms with Crippen molar-refractivity contribution in [1.29, 1.82) is 0 Å². The number of rotatable bonds is 5. The molecular weight excluding hydrogens is 452 g/mol. The lowest BCUT2D eigenvalue weighted by molar-refractivity contribution is -0.119. The normalized spacial score (nSPS) is 21.0. The van der Waals surface area contributed by atoms with E-state index in [1.165, 1.54) is 10.4 Å². The SMILES string of the molecule is CN1CCN(S(=O)(=O)c2ccc(C(=C[C@H]3CCC(=O)N3)c3ccc(Cl)c(=O)[nH]3)cc2)CC1. The first kappa shape index (κ1) is 22.7. The molecule has 2 aliphatic rings. The molecule has 1 atom stereocenters. The molecule has 0 spiro atoms. The molecule has 32 heavy (non-hydrogen) atoms. The number of carbonyl (C=O) groups excluding carboxylic acids is 1. The molecule has 0 unspecified atom stereocenters. The highest BCUT2D eigenvalue weighted by Crippen LogP contribution is 2.26. The van der Waals surface area contributed by atoms with Crippen LogP contribution < -0.4 is 10.9 Å². The molecule has 2 aliphatic heterocycles. The number of aromatic amines is 1. The van der Waals surface area contributed by atoms with Crippen LogP contribution in [0.4, 0.5) is 0 Å². The summed E-state index contributed by atoms with van der Waals surface area (Å²) >= 11 is 5.88. The van der Waals surface area contributed by atoms with E-state index in [0.717, 1.165) is 5.56 Å². The predicted octanol–water partition coefficient (Wildman–Crippen LogP) is 1.67. The van der Waals surface area contributed by atoms with Gasteiger partial charge in [0.05, 0.1) is 4.90 Å². The molecule has 1 amide bonds. The highest BCUT2D eigenvalue weighted by Gasteiger charge is 2.27. The molecule has 1 aromatic carbocycles. The molecule has 2 fully saturated rings. The van der Waals surface area contributed by atoms with Crippen LogP contribution in [-0.2, 0) is 14.8 Å². The molecule has 2 N–H and O–H groups in total. The number of aromatic nitrogens is 1. The molecule has 0 saturated carbocycles. The van der Waals surface area contributed by atoms with Gasteiger partial charge in [0.2, 0.25) is 15.9 Å². The Kier molecular flexibility index (Phi) is 6.52. The van der Waals surface area contributed by atoms with Crippen LogP contribution in [0, 0.1) is 0 Å². The summed E-state index contributed by atoms with van der Waals surface area (Å²) in [5.74, 6) is -0.0242. The second-order valence-electron chi connectivity index (χ2n) is 8.07. The van der Waals surface area contributed by atoms with Gasteiger partial charge < -0.3 is 15.2 Å². The fourth-order valence-electron chi connectivity index (χ4n) is 3.90. The first-order chi connectivity index (χ1) is 15.2. The average Bonchev–Trinajstić information content (AvgIpc) is 3.19. The minimum atomic E-state index is -3.58. The Bertz CT molecular complexity index is 1200. The zero-order valence-electron chi connectivity index (χ0n) is 17.7. The van der Waals surface area contributed by atoms with Gasteiger partial charge in [0.25, 0.3) is 5.56 Å². The number of carbonyl (C=O) groups is 1. The number of hydrogen-bond acceptors (Lipinski definition) is 5. The van der Waals surface area contributed by atoms with E-state index >= 15 is 0 Å². The maximum absolute atomic E-state index is 13.0. The first-order valence-corrected chi connectivity index (χ1v) is 12.3. The van der Waals surface area contributed by atoms with E-state index in [0.29, 0.717) is 50.3 Å². The van der Waals surface area contributed by atoms with Crippen LogP contribution in [0.3, 0.4) is 0 Å². The summed E-state index contributed by atoms with van der Waals surface area (Å²) in [4.78, 5) is 28.8. The van der Waals surface area contributed by atoms with E-state index in [4.69, 9.17) is 11.6 Å². The van der Waals surface area contributed by atoms with Crippen molar-refractivity contribution < 1.29 is 13.2 Å². The number of amides is 1. The van der Waals surface area contributed by atoms with Gasteiger partial charge in [0, 0.05) is 49.9 Å². The van der Waals surface area contributed by atoms with Gasteiger partial charge in [-0.3, -0.25) is 9.59 Å². The molecule has 1 aromatic heterocycles. The lowest BCUT2D eigenvalue weighted by Gasteiger charge is -2.31. The van der Waals surface area contributed by atoms with Crippen molar-refractivity contribution in [1.82, 2.24) is 19.5 Å². The summed E-state index contributed by atoms with van der Waals surface area (Å²) in [6.07, 6.45) is 2.97. The maximum Gasteiger partial charge on any atom is 0.267 e. The van der Waals surface area contributed by atoms with Crippen molar-refractivity contribution in [3.05, 3.63) is 69.1 Å². The van der Waals surface area contributed by atoms with E-state index in [-0.39, 0.29) is 21.9 Å². The third-order valence-electron chi connectivity index (χ3n) is 5.81. The van der Waals surface area contributed by atoms with E-state index in [2.05, 4.69) is 15.2 Å². The number of sulfonamides is 1. The third-order valence-corrected chi connectivity index (χ3v) is 8.02. The van der Waals surface area contributed by atoms with Crippen LogP contribution in [0.2, 0.25) is 5.02 Å². The topological polar surface area (TPSA) is 103 Å². The molecule has 10 heteroatoms. The fraction of sp³-hybridized carbons (Fsp3) is 0.364. The summed E-state index contributed by atoms with van der Waals surface area (Å²) in [5.41, 5.74) is 1.53. The summed E-state index contributed by atoms with van der Waals surface area (Å²) < 4.78 is 27.6. The molecule has 2 aromatic rings.